The smallest absolute Gasteiger partial charge is 0.407 e. The second-order valence-corrected chi connectivity index (χ2v) is 10.6. The molecule has 3 saturated heterocycles. The summed E-state index contributed by atoms with van der Waals surface area (Å²) in [4.78, 5) is 43.2. The standard InChI is InChI=1S/C24H27ClFN7O4/c1-30(2)12-9-31(10-12)23-19-21(13-7-27-22(25)17(26)18(13)29-23)33(15(28-19)4-5-16(34)37-3)20-11-6-14(20)32(8-11)24(35)36/h7,11-12,14,20H,4-6,8-10H2,1-3H3,(H,35,36). The summed E-state index contributed by atoms with van der Waals surface area (Å²) in [6.07, 6.45) is 1.68. The van der Waals surface area contributed by atoms with Crippen LogP contribution in [-0.4, -0.2) is 99.4 Å². The fourth-order valence-electron chi connectivity index (χ4n) is 5.97. The molecular formula is C24H27ClFN7O4. The Hall–Kier alpha value is -3.25. The number of pyridine rings is 2. The van der Waals surface area contributed by atoms with E-state index in [-0.39, 0.29) is 47.5 Å². The average Bonchev–Trinajstić information content (AvgIpc) is 3.52. The fourth-order valence-corrected chi connectivity index (χ4v) is 6.11. The number of esters is 1. The van der Waals surface area contributed by atoms with Crippen LogP contribution in [0.3, 0.4) is 0 Å². The minimum atomic E-state index is -0.961. The van der Waals surface area contributed by atoms with E-state index < -0.39 is 11.9 Å². The predicted molar refractivity (Wildman–Crippen MR) is 133 cm³/mol. The van der Waals surface area contributed by atoms with Crippen LogP contribution >= 0.6 is 11.6 Å². The van der Waals surface area contributed by atoms with Crippen molar-refractivity contribution in [2.45, 2.75) is 37.4 Å². The van der Waals surface area contributed by atoms with Crippen LogP contribution < -0.4 is 4.90 Å². The number of carboxylic acid groups (broad SMARTS) is 1. The lowest BCUT2D eigenvalue weighted by atomic mass is 9.79. The third kappa shape index (κ3) is 3.60. The molecular weight excluding hydrogens is 505 g/mol. The summed E-state index contributed by atoms with van der Waals surface area (Å²) in [5.74, 6) is 0.167. The first-order valence-electron chi connectivity index (χ1n) is 12.2. The molecule has 4 fully saturated rings. The highest BCUT2D eigenvalue weighted by atomic mass is 35.5. The van der Waals surface area contributed by atoms with E-state index in [0.717, 1.165) is 6.42 Å². The molecule has 13 heteroatoms. The number of carbonyl (C=O) groups is 2. The summed E-state index contributed by atoms with van der Waals surface area (Å²) in [5, 5.41) is 9.91. The largest absolute Gasteiger partial charge is 0.469 e. The topological polar surface area (TPSA) is 117 Å². The predicted octanol–water partition coefficient (Wildman–Crippen LogP) is 2.55. The van der Waals surface area contributed by atoms with Crippen molar-refractivity contribution < 1.29 is 23.8 Å². The van der Waals surface area contributed by atoms with Crippen molar-refractivity contribution in [2.75, 3.05) is 45.7 Å². The van der Waals surface area contributed by atoms with E-state index in [1.54, 1.807) is 0 Å². The summed E-state index contributed by atoms with van der Waals surface area (Å²) in [7, 11) is 5.36. The van der Waals surface area contributed by atoms with Crippen molar-refractivity contribution >= 4 is 51.4 Å². The molecule has 1 amide bonds. The summed E-state index contributed by atoms with van der Waals surface area (Å²) >= 11 is 6.05. The third-order valence-electron chi connectivity index (χ3n) is 8.09. The molecule has 1 N–H and O–H groups in total. The number of ether oxygens (including phenoxy) is 1. The number of carbonyl (C=O) groups excluding carboxylic acids is 1. The highest BCUT2D eigenvalue weighted by Gasteiger charge is 2.56. The van der Waals surface area contributed by atoms with Gasteiger partial charge in [0.05, 0.1) is 31.1 Å². The summed E-state index contributed by atoms with van der Waals surface area (Å²) in [6.45, 7) is 1.82. The van der Waals surface area contributed by atoms with Crippen molar-refractivity contribution in [2.24, 2.45) is 5.92 Å². The number of hydrogen-bond donors (Lipinski definition) is 1. The number of nitrogens with zero attached hydrogens (tertiary/aromatic N) is 7. The zero-order valence-corrected chi connectivity index (χ0v) is 21.4. The van der Waals surface area contributed by atoms with Crippen LogP contribution in [0.25, 0.3) is 21.9 Å². The van der Waals surface area contributed by atoms with Gasteiger partial charge in [-0.2, -0.15) is 0 Å². The maximum atomic E-state index is 15.3. The summed E-state index contributed by atoms with van der Waals surface area (Å²) in [6, 6.07) is -0.0848. The highest BCUT2D eigenvalue weighted by Crippen LogP contribution is 2.52. The Kier molecular flexibility index (Phi) is 5.64. The van der Waals surface area contributed by atoms with Gasteiger partial charge in [-0.1, -0.05) is 11.6 Å². The minimum Gasteiger partial charge on any atom is -0.469 e. The van der Waals surface area contributed by atoms with Gasteiger partial charge in [0.1, 0.15) is 16.9 Å². The lowest BCUT2D eigenvalue weighted by molar-refractivity contribution is -0.140. The number of amides is 1. The average molecular weight is 532 g/mol. The van der Waals surface area contributed by atoms with Gasteiger partial charge < -0.3 is 29.1 Å². The lowest BCUT2D eigenvalue weighted by Gasteiger charge is -2.43. The number of rotatable bonds is 6. The quantitative estimate of drug-likeness (QED) is 0.378. The number of aromatic nitrogens is 4. The van der Waals surface area contributed by atoms with Crippen LogP contribution in [0.2, 0.25) is 5.15 Å². The zero-order valence-electron chi connectivity index (χ0n) is 20.7. The van der Waals surface area contributed by atoms with Crippen LogP contribution in [0.4, 0.5) is 15.0 Å². The van der Waals surface area contributed by atoms with E-state index >= 15 is 4.39 Å². The summed E-state index contributed by atoms with van der Waals surface area (Å²) < 4.78 is 22.2. The van der Waals surface area contributed by atoms with Crippen LogP contribution in [0, 0.1) is 11.7 Å². The van der Waals surface area contributed by atoms with Gasteiger partial charge in [-0.3, -0.25) is 4.79 Å². The second kappa shape index (κ2) is 8.66. The number of imidazole rings is 1. The van der Waals surface area contributed by atoms with Crippen molar-refractivity contribution in [1.29, 1.82) is 0 Å². The summed E-state index contributed by atoms with van der Waals surface area (Å²) in [5.41, 5.74) is 1.32. The van der Waals surface area contributed by atoms with E-state index in [0.29, 0.717) is 53.7 Å². The Bertz CT molecular complexity index is 1440. The Morgan fingerprint density at radius 2 is 2.00 bits per heavy atom. The van der Waals surface area contributed by atoms with E-state index in [9.17, 15) is 14.7 Å². The molecule has 2 bridgehead atoms. The molecule has 1 aliphatic carbocycles. The SMILES string of the molecule is COC(=O)CCc1nc2c(N3CC(N(C)C)C3)nc3c(F)c(Cl)ncc3c2n1C1C2CC1N(C(=O)O)C2. The monoisotopic (exact) mass is 531 g/mol. The first kappa shape index (κ1) is 24.1. The molecule has 0 radical (unpaired) electrons. The van der Waals surface area contributed by atoms with Gasteiger partial charge in [-0.25, -0.2) is 24.1 Å². The fraction of sp³-hybridized carbons (Fsp3) is 0.542. The normalized spacial score (nSPS) is 23.1. The van der Waals surface area contributed by atoms with E-state index in [4.69, 9.17) is 21.3 Å². The number of anilines is 1. The molecule has 3 unspecified atom stereocenters. The van der Waals surface area contributed by atoms with Gasteiger partial charge in [0, 0.05) is 49.6 Å². The molecule has 3 aliphatic heterocycles. The number of fused-ring (bicyclic) bond motifs is 4. The second-order valence-electron chi connectivity index (χ2n) is 10.2. The first-order valence-corrected chi connectivity index (χ1v) is 12.6. The number of hydrogen-bond acceptors (Lipinski definition) is 8. The molecule has 37 heavy (non-hydrogen) atoms. The molecule has 4 aliphatic rings. The number of aryl methyl sites for hydroxylation is 1. The van der Waals surface area contributed by atoms with Crippen molar-refractivity contribution in [1.82, 2.24) is 29.3 Å². The van der Waals surface area contributed by atoms with Gasteiger partial charge in [-0.15, -0.1) is 0 Å². The van der Waals surface area contributed by atoms with Crippen LogP contribution in [-0.2, 0) is 16.0 Å². The molecule has 11 nitrogen and oxygen atoms in total. The molecule has 7 rings (SSSR count). The highest BCUT2D eigenvalue weighted by molar-refractivity contribution is 6.30. The van der Waals surface area contributed by atoms with Gasteiger partial charge >= 0.3 is 12.1 Å². The van der Waals surface area contributed by atoms with E-state index in [1.807, 2.05) is 18.7 Å². The molecule has 1 saturated carbocycles. The van der Waals surface area contributed by atoms with Crippen molar-refractivity contribution in [3.05, 3.63) is 23.0 Å². The van der Waals surface area contributed by atoms with E-state index in [2.05, 4.69) is 19.8 Å². The van der Waals surface area contributed by atoms with Crippen molar-refractivity contribution in [3.63, 3.8) is 0 Å². The molecule has 3 aromatic heterocycles. The zero-order chi connectivity index (χ0) is 26.2. The number of methoxy groups -OCH3 is 1. The van der Waals surface area contributed by atoms with E-state index in [1.165, 1.54) is 18.2 Å². The molecule has 0 aromatic carbocycles. The van der Waals surface area contributed by atoms with Crippen molar-refractivity contribution in [3.8, 4) is 0 Å². The van der Waals surface area contributed by atoms with Gasteiger partial charge in [0.15, 0.2) is 16.8 Å². The lowest BCUT2D eigenvalue weighted by Crippen LogP contribution is -2.57. The third-order valence-corrected chi connectivity index (χ3v) is 8.35. The Balaban J connectivity index is 1.57. The maximum absolute atomic E-state index is 15.3. The van der Waals surface area contributed by atoms with Crippen LogP contribution in [0.1, 0.15) is 24.7 Å². The maximum Gasteiger partial charge on any atom is 0.407 e. The molecule has 196 valence electrons. The number of likely N-dealkylation sites (N-methyl/N-ethyl adjacent to an activating group) is 1. The van der Waals surface area contributed by atoms with Crippen LogP contribution in [0.15, 0.2) is 6.20 Å². The van der Waals surface area contributed by atoms with Gasteiger partial charge in [0.2, 0.25) is 0 Å². The Morgan fingerprint density at radius 1 is 1.24 bits per heavy atom. The molecule has 6 heterocycles. The Labute approximate surface area is 216 Å². The minimum absolute atomic E-state index is 0.0919. The molecule has 0 spiro atoms. The van der Waals surface area contributed by atoms with Gasteiger partial charge in [-0.05, 0) is 20.5 Å². The molecule has 3 aromatic rings. The Morgan fingerprint density at radius 3 is 2.65 bits per heavy atom. The number of halogens is 2. The first-order chi connectivity index (χ1) is 17.7. The molecule has 3 atom stereocenters. The van der Waals surface area contributed by atoms with Crippen LogP contribution in [0.5, 0.6) is 0 Å². The van der Waals surface area contributed by atoms with Gasteiger partial charge in [0.25, 0.3) is 0 Å².